The third-order valence-corrected chi connectivity index (χ3v) is 5.24. The van der Waals surface area contributed by atoms with E-state index in [1.54, 1.807) is 18.4 Å². The average Bonchev–Trinajstić information content (AvgIpc) is 3.09. The van der Waals surface area contributed by atoms with Crippen LogP contribution in [0.4, 0.5) is 8.78 Å². The highest BCUT2D eigenvalue weighted by molar-refractivity contribution is 7.15. The van der Waals surface area contributed by atoms with Gasteiger partial charge < -0.3 is 5.32 Å². The lowest BCUT2D eigenvalue weighted by Crippen LogP contribution is -2.21. The third kappa shape index (κ3) is 4.61. The maximum atomic E-state index is 13.5. The van der Waals surface area contributed by atoms with Crippen molar-refractivity contribution in [2.24, 2.45) is 13.0 Å². The summed E-state index contributed by atoms with van der Waals surface area (Å²) in [6.07, 6.45) is 2.36. The minimum atomic E-state index is -2.88. The monoisotopic (exact) mass is 341 g/mol. The van der Waals surface area contributed by atoms with Crippen LogP contribution >= 0.6 is 11.3 Å². The van der Waals surface area contributed by atoms with Crippen molar-refractivity contribution < 1.29 is 8.78 Å². The second-order valence-corrected chi connectivity index (χ2v) is 7.17. The number of alkyl halides is 2. The smallest absolute Gasteiger partial charge is 0.286 e. The van der Waals surface area contributed by atoms with Gasteiger partial charge in [0.1, 0.15) is 11.4 Å². The number of thiophene rings is 1. The minimum absolute atomic E-state index is 0.0608. The van der Waals surface area contributed by atoms with Crippen molar-refractivity contribution in [2.75, 3.05) is 6.54 Å². The Hall–Kier alpha value is -1.27. The van der Waals surface area contributed by atoms with E-state index in [1.165, 1.54) is 28.5 Å². The summed E-state index contributed by atoms with van der Waals surface area (Å²) < 4.78 is 28.2. The quantitative estimate of drug-likeness (QED) is 0.748. The normalized spacial score (nSPS) is 12.3. The topological polar surface area (TPSA) is 29.9 Å². The number of aryl methyl sites for hydroxylation is 1. The molecule has 2 aromatic heterocycles. The third-order valence-electron chi connectivity index (χ3n) is 4.13. The maximum Gasteiger partial charge on any atom is 0.286 e. The molecule has 128 valence electrons. The first-order valence-electron chi connectivity index (χ1n) is 8.07. The first-order chi connectivity index (χ1) is 10.8. The molecule has 2 rings (SSSR count). The Morgan fingerprint density at radius 3 is 2.57 bits per heavy atom. The highest BCUT2D eigenvalue weighted by Gasteiger charge is 2.29. The summed E-state index contributed by atoms with van der Waals surface area (Å²) in [5.74, 6) is -2.17. The lowest BCUT2D eigenvalue weighted by molar-refractivity contribution is 0.00883. The molecule has 2 aromatic rings. The van der Waals surface area contributed by atoms with Gasteiger partial charge in [0.2, 0.25) is 0 Å². The van der Waals surface area contributed by atoms with Gasteiger partial charge >= 0.3 is 0 Å². The second kappa shape index (κ2) is 7.53. The summed E-state index contributed by atoms with van der Waals surface area (Å²) in [7, 11) is 1.56. The van der Waals surface area contributed by atoms with Crippen LogP contribution in [0.3, 0.4) is 0 Å². The number of nitrogens with zero attached hydrogens (tertiary/aromatic N) is 2. The van der Waals surface area contributed by atoms with Crippen LogP contribution in [0.1, 0.15) is 44.2 Å². The summed E-state index contributed by atoms with van der Waals surface area (Å²) in [5, 5.41) is 7.70. The van der Waals surface area contributed by atoms with Crippen molar-refractivity contribution in [2.45, 2.75) is 46.1 Å². The van der Waals surface area contributed by atoms with E-state index in [2.05, 4.69) is 24.3 Å². The number of hydrogen-bond donors (Lipinski definition) is 1. The molecule has 0 spiro atoms. The zero-order valence-electron chi connectivity index (χ0n) is 14.2. The summed E-state index contributed by atoms with van der Waals surface area (Å²) in [4.78, 5) is 2.12. The highest BCUT2D eigenvalue weighted by Crippen LogP contribution is 2.32. The van der Waals surface area contributed by atoms with E-state index in [0.717, 1.165) is 24.9 Å². The Labute approximate surface area is 140 Å². The van der Waals surface area contributed by atoms with Gasteiger partial charge in [-0.3, -0.25) is 4.68 Å². The summed E-state index contributed by atoms with van der Waals surface area (Å²) in [5.41, 5.74) is 0.551. The zero-order chi connectivity index (χ0) is 17.0. The molecule has 1 N–H and O–H groups in total. The molecule has 23 heavy (non-hydrogen) atoms. The van der Waals surface area contributed by atoms with Gasteiger partial charge in [-0.2, -0.15) is 13.9 Å². The van der Waals surface area contributed by atoms with Gasteiger partial charge in [0.15, 0.2) is 0 Å². The zero-order valence-corrected chi connectivity index (χ0v) is 15.0. The number of hydrogen-bond acceptors (Lipinski definition) is 3. The Morgan fingerprint density at radius 1 is 1.30 bits per heavy atom. The number of rotatable bonds is 8. The van der Waals surface area contributed by atoms with Crippen molar-refractivity contribution in [1.29, 1.82) is 0 Å². The fourth-order valence-corrected chi connectivity index (χ4v) is 3.52. The van der Waals surface area contributed by atoms with Crippen molar-refractivity contribution >= 4 is 11.3 Å². The molecule has 0 aliphatic rings. The molecule has 0 atom stereocenters. The molecule has 0 aliphatic heterocycles. The van der Waals surface area contributed by atoms with Crippen molar-refractivity contribution in [3.63, 3.8) is 0 Å². The maximum absolute atomic E-state index is 13.5. The molecule has 0 radical (unpaired) electrons. The largest absolute Gasteiger partial charge is 0.312 e. The Morgan fingerprint density at radius 2 is 2.00 bits per heavy atom. The van der Waals surface area contributed by atoms with Gasteiger partial charge in [0.05, 0.1) is 4.88 Å². The number of halogens is 2. The van der Waals surface area contributed by atoms with E-state index in [9.17, 15) is 8.78 Å². The van der Waals surface area contributed by atoms with Crippen LogP contribution in [0, 0.1) is 5.92 Å². The van der Waals surface area contributed by atoms with Crippen LogP contribution in [-0.4, -0.2) is 16.3 Å². The van der Waals surface area contributed by atoms with Crippen LogP contribution in [0.25, 0.3) is 10.6 Å². The molecule has 0 bridgehead atoms. The van der Waals surface area contributed by atoms with Gasteiger partial charge in [0.25, 0.3) is 5.92 Å². The fraction of sp³-hybridized carbons (Fsp3) is 0.588. The van der Waals surface area contributed by atoms with Gasteiger partial charge in [0, 0.05) is 25.4 Å². The molecule has 0 unspecified atom stereocenters. The van der Waals surface area contributed by atoms with Crippen molar-refractivity contribution in [3.05, 3.63) is 28.8 Å². The second-order valence-electron chi connectivity index (χ2n) is 6.01. The summed E-state index contributed by atoms with van der Waals surface area (Å²) in [6, 6.07) is 5.48. The van der Waals surface area contributed by atoms with Gasteiger partial charge in [-0.1, -0.05) is 26.7 Å². The average molecular weight is 341 g/mol. The minimum Gasteiger partial charge on any atom is -0.312 e. The molecule has 0 aromatic carbocycles. The van der Waals surface area contributed by atoms with E-state index in [1.807, 2.05) is 12.1 Å². The molecule has 2 heterocycles. The van der Waals surface area contributed by atoms with Crippen LogP contribution in [0.2, 0.25) is 0 Å². The van der Waals surface area contributed by atoms with Crippen LogP contribution < -0.4 is 5.32 Å². The Balaban J connectivity index is 2.02. The molecule has 0 amide bonds. The van der Waals surface area contributed by atoms with Gasteiger partial charge in [-0.25, -0.2) is 0 Å². The van der Waals surface area contributed by atoms with Gasteiger partial charge in [-0.05, 0) is 30.7 Å². The van der Waals surface area contributed by atoms with Gasteiger partial charge in [-0.15, -0.1) is 11.3 Å². The predicted molar refractivity (Wildman–Crippen MR) is 91.9 cm³/mol. The Bertz CT molecular complexity index is 624. The van der Waals surface area contributed by atoms with E-state index in [-0.39, 0.29) is 5.69 Å². The van der Waals surface area contributed by atoms with Crippen LogP contribution in [0.15, 0.2) is 18.2 Å². The number of nitrogens with one attached hydrogen (secondary N) is 1. The molecular weight excluding hydrogens is 316 g/mol. The molecule has 6 heteroatoms. The van der Waals surface area contributed by atoms with Crippen molar-refractivity contribution in [3.8, 4) is 10.6 Å². The first-order valence-corrected chi connectivity index (χ1v) is 8.88. The predicted octanol–water partition coefficient (Wildman–Crippen LogP) is 4.79. The highest BCUT2D eigenvalue weighted by atomic mass is 32.1. The molecule has 0 saturated heterocycles. The molecule has 0 aliphatic carbocycles. The fourth-order valence-electron chi connectivity index (χ4n) is 2.59. The van der Waals surface area contributed by atoms with E-state index < -0.39 is 5.92 Å². The lowest BCUT2D eigenvalue weighted by Gasteiger charge is -2.12. The molecular formula is C17H25F2N3S. The molecule has 0 fully saturated rings. The van der Waals surface area contributed by atoms with Crippen LogP contribution in [0.5, 0.6) is 0 Å². The summed E-state index contributed by atoms with van der Waals surface area (Å²) in [6.45, 7) is 7.14. The lowest BCUT2D eigenvalue weighted by atomic mass is 10.0. The SMILES string of the molecule is CCC(CC)CNCc1ccc(-c2cc(C(C)(F)F)n(C)n2)s1. The number of aromatic nitrogens is 2. The van der Waals surface area contributed by atoms with Crippen LogP contribution in [-0.2, 0) is 19.5 Å². The molecule has 3 nitrogen and oxygen atoms in total. The van der Waals surface area contributed by atoms with E-state index in [4.69, 9.17) is 0 Å². The van der Waals surface area contributed by atoms with E-state index in [0.29, 0.717) is 11.6 Å². The standard InChI is InChI=1S/C17H25F2N3S/c1-5-12(6-2)10-20-11-13-7-8-15(23-13)14-9-16(17(3,18)19)22(4)21-14/h7-9,12,20H,5-6,10-11H2,1-4H3. The first kappa shape index (κ1) is 18.1. The molecule has 0 saturated carbocycles. The summed E-state index contributed by atoms with van der Waals surface area (Å²) >= 11 is 1.60. The van der Waals surface area contributed by atoms with Crippen molar-refractivity contribution in [1.82, 2.24) is 15.1 Å². The Kier molecular flexibility index (Phi) is 5.92. The van der Waals surface area contributed by atoms with E-state index >= 15 is 0 Å².